The lowest BCUT2D eigenvalue weighted by atomic mass is 9.81. The van der Waals surface area contributed by atoms with Crippen LogP contribution in [0.4, 0.5) is 0 Å². The number of nitrogens with one attached hydrogen (secondary N) is 1. The molecule has 2 saturated heterocycles. The maximum Gasteiger partial charge on any atom is 0.309 e. The summed E-state index contributed by atoms with van der Waals surface area (Å²) in [5.74, 6) is 0.555. The van der Waals surface area contributed by atoms with Crippen LogP contribution < -0.4 is 5.32 Å². The fourth-order valence-corrected chi connectivity index (χ4v) is 3.60. The Morgan fingerprint density at radius 2 is 2.14 bits per heavy atom. The molecule has 130 valence electrons. The van der Waals surface area contributed by atoms with Crippen molar-refractivity contribution in [1.82, 2.24) is 10.2 Å². The Hall–Kier alpha value is -0.290. The van der Waals surface area contributed by atoms with Gasteiger partial charge in [0.25, 0.3) is 0 Å². The predicted molar refractivity (Wildman–Crippen MR) is 95.0 cm³/mol. The van der Waals surface area contributed by atoms with Crippen molar-refractivity contribution >= 4 is 30.8 Å². The SMILES string of the molecule is C=CCCN1C[C@H](C(=O)OC)C[C@H]([C@H]2CCCCN2)C1.Cl.Cl. The van der Waals surface area contributed by atoms with E-state index in [0.29, 0.717) is 12.0 Å². The van der Waals surface area contributed by atoms with Crippen molar-refractivity contribution in [3.8, 4) is 0 Å². The third kappa shape index (κ3) is 6.07. The van der Waals surface area contributed by atoms with E-state index in [-0.39, 0.29) is 36.7 Å². The van der Waals surface area contributed by atoms with E-state index in [0.717, 1.165) is 39.0 Å². The predicted octanol–water partition coefficient (Wildman–Crippen LogP) is 2.66. The number of esters is 1. The molecule has 0 amide bonds. The van der Waals surface area contributed by atoms with E-state index >= 15 is 0 Å². The molecular formula is C16H30Cl2N2O2. The van der Waals surface area contributed by atoms with Crippen LogP contribution in [-0.4, -0.2) is 50.2 Å². The van der Waals surface area contributed by atoms with Gasteiger partial charge in [-0.15, -0.1) is 31.4 Å². The summed E-state index contributed by atoms with van der Waals surface area (Å²) in [5.41, 5.74) is 0. The number of nitrogens with zero attached hydrogens (tertiary/aromatic N) is 1. The molecular weight excluding hydrogens is 323 g/mol. The summed E-state index contributed by atoms with van der Waals surface area (Å²) in [6, 6.07) is 0.572. The smallest absolute Gasteiger partial charge is 0.309 e. The normalized spacial score (nSPS) is 28.9. The summed E-state index contributed by atoms with van der Waals surface area (Å²) in [5, 5.41) is 3.64. The lowest BCUT2D eigenvalue weighted by Crippen LogP contribution is -2.51. The third-order valence-corrected chi connectivity index (χ3v) is 4.66. The summed E-state index contributed by atoms with van der Waals surface area (Å²) in [4.78, 5) is 14.3. The number of methoxy groups -OCH3 is 1. The van der Waals surface area contributed by atoms with Gasteiger partial charge in [-0.1, -0.05) is 12.5 Å². The van der Waals surface area contributed by atoms with Gasteiger partial charge >= 0.3 is 5.97 Å². The number of carbonyl (C=O) groups is 1. The second kappa shape index (κ2) is 11.3. The van der Waals surface area contributed by atoms with Crippen molar-refractivity contribution < 1.29 is 9.53 Å². The van der Waals surface area contributed by atoms with Crippen molar-refractivity contribution in [2.45, 2.75) is 38.1 Å². The highest BCUT2D eigenvalue weighted by atomic mass is 35.5. The monoisotopic (exact) mass is 352 g/mol. The summed E-state index contributed by atoms with van der Waals surface area (Å²) in [6.07, 6.45) is 7.74. The number of halogens is 2. The van der Waals surface area contributed by atoms with Gasteiger partial charge in [0.1, 0.15) is 0 Å². The minimum absolute atomic E-state index is 0. The Kier molecular flexibility index (Phi) is 11.1. The molecule has 0 radical (unpaired) electrons. The molecule has 6 heteroatoms. The van der Waals surface area contributed by atoms with Gasteiger partial charge in [0.05, 0.1) is 13.0 Å². The number of ether oxygens (including phenoxy) is 1. The maximum atomic E-state index is 11.9. The van der Waals surface area contributed by atoms with Crippen LogP contribution >= 0.6 is 24.8 Å². The minimum atomic E-state index is -0.0471. The molecule has 0 spiro atoms. The molecule has 0 aliphatic carbocycles. The first kappa shape index (κ1) is 21.7. The van der Waals surface area contributed by atoms with Crippen LogP contribution in [0.3, 0.4) is 0 Å². The molecule has 0 aromatic rings. The molecule has 0 aromatic heterocycles. The quantitative estimate of drug-likeness (QED) is 0.610. The number of likely N-dealkylation sites (tertiary alicyclic amines) is 1. The average molecular weight is 353 g/mol. The van der Waals surface area contributed by atoms with Gasteiger partial charge in [-0.05, 0) is 38.1 Å². The molecule has 2 heterocycles. The summed E-state index contributed by atoms with van der Waals surface area (Å²) < 4.78 is 4.97. The minimum Gasteiger partial charge on any atom is -0.469 e. The summed E-state index contributed by atoms with van der Waals surface area (Å²) in [6.45, 7) is 7.85. The first-order chi connectivity index (χ1) is 9.74. The molecule has 0 saturated carbocycles. The molecule has 3 atom stereocenters. The fraction of sp³-hybridized carbons (Fsp3) is 0.812. The molecule has 22 heavy (non-hydrogen) atoms. The van der Waals surface area contributed by atoms with E-state index in [1.807, 2.05) is 6.08 Å². The van der Waals surface area contributed by atoms with Crippen LogP contribution in [0.2, 0.25) is 0 Å². The van der Waals surface area contributed by atoms with Crippen molar-refractivity contribution in [2.24, 2.45) is 11.8 Å². The van der Waals surface area contributed by atoms with E-state index in [1.165, 1.54) is 26.4 Å². The number of hydrogen-bond acceptors (Lipinski definition) is 4. The first-order valence-corrected chi connectivity index (χ1v) is 7.89. The zero-order valence-electron chi connectivity index (χ0n) is 13.5. The molecule has 1 N–H and O–H groups in total. The molecule has 2 fully saturated rings. The zero-order chi connectivity index (χ0) is 14.4. The van der Waals surface area contributed by atoms with Crippen molar-refractivity contribution in [3.63, 3.8) is 0 Å². The Labute approximate surface area is 146 Å². The van der Waals surface area contributed by atoms with E-state index < -0.39 is 0 Å². The van der Waals surface area contributed by atoms with E-state index in [9.17, 15) is 4.79 Å². The van der Waals surface area contributed by atoms with Crippen LogP contribution in [0.25, 0.3) is 0 Å². The maximum absolute atomic E-state index is 11.9. The van der Waals surface area contributed by atoms with Crippen LogP contribution in [0, 0.1) is 11.8 Å². The molecule has 4 nitrogen and oxygen atoms in total. The Morgan fingerprint density at radius 3 is 2.73 bits per heavy atom. The van der Waals surface area contributed by atoms with Gasteiger partial charge in [0, 0.05) is 25.7 Å². The van der Waals surface area contributed by atoms with Gasteiger partial charge in [0.15, 0.2) is 0 Å². The van der Waals surface area contributed by atoms with Gasteiger partial charge < -0.3 is 15.0 Å². The van der Waals surface area contributed by atoms with E-state index in [2.05, 4.69) is 16.8 Å². The topological polar surface area (TPSA) is 41.6 Å². The van der Waals surface area contributed by atoms with Crippen LogP contribution in [-0.2, 0) is 9.53 Å². The largest absolute Gasteiger partial charge is 0.469 e. The van der Waals surface area contributed by atoms with Crippen molar-refractivity contribution in [1.29, 1.82) is 0 Å². The van der Waals surface area contributed by atoms with Crippen LogP contribution in [0.15, 0.2) is 12.7 Å². The molecule has 0 unspecified atom stereocenters. The van der Waals surface area contributed by atoms with Crippen molar-refractivity contribution in [3.05, 3.63) is 12.7 Å². The number of piperidine rings is 2. The highest BCUT2D eigenvalue weighted by molar-refractivity contribution is 5.85. The second-order valence-corrected chi connectivity index (χ2v) is 6.11. The standard InChI is InChI=1S/C16H28N2O2.2ClH/c1-3-4-9-18-11-13(15-7-5-6-8-17-15)10-14(12-18)16(19)20-2;;/h3,13-15,17H,1,4-12H2,2H3;2*1H/t13-,14+,15+;;/m0../s1. The van der Waals surface area contributed by atoms with E-state index in [1.54, 1.807) is 0 Å². The Bertz CT molecular complexity index is 336. The lowest BCUT2D eigenvalue weighted by Gasteiger charge is -2.41. The van der Waals surface area contributed by atoms with Crippen LogP contribution in [0.5, 0.6) is 0 Å². The second-order valence-electron chi connectivity index (χ2n) is 6.11. The van der Waals surface area contributed by atoms with Gasteiger partial charge in [-0.25, -0.2) is 0 Å². The Morgan fingerprint density at radius 1 is 1.36 bits per heavy atom. The lowest BCUT2D eigenvalue weighted by molar-refractivity contribution is -0.148. The van der Waals surface area contributed by atoms with E-state index in [4.69, 9.17) is 4.74 Å². The van der Waals surface area contributed by atoms with Gasteiger partial charge in [-0.2, -0.15) is 0 Å². The van der Waals surface area contributed by atoms with Crippen molar-refractivity contribution in [2.75, 3.05) is 33.3 Å². The van der Waals surface area contributed by atoms with Gasteiger partial charge in [0.2, 0.25) is 0 Å². The molecule has 2 aliphatic heterocycles. The summed E-state index contributed by atoms with van der Waals surface area (Å²) in [7, 11) is 1.50. The molecule has 2 rings (SSSR count). The highest BCUT2D eigenvalue weighted by Gasteiger charge is 2.35. The number of hydrogen-bond donors (Lipinski definition) is 1. The number of carbonyl (C=O) groups excluding carboxylic acids is 1. The number of rotatable bonds is 5. The molecule has 0 bridgehead atoms. The molecule has 0 aromatic carbocycles. The third-order valence-electron chi connectivity index (χ3n) is 4.66. The van der Waals surface area contributed by atoms with Gasteiger partial charge in [-0.3, -0.25) is 4.79 Å². The fourth-order valence-electron chi connectivity index (χ4n) is 3.60. The zero-order valence-corrected chi connectivity index (χ0v) is 15.1. The average Bonchev–Trinajstić information content (AvgIpc) is 2.52. The van der Waals surface area contributed by atoms with Crippen LogP contribution in [0.1, 0.15) is 32.1 Å². The molecule has 2 aliphatic rings. The highest BCUT2D eigenvalue weighted by Crippen LogP contribution is 2.28. The first-order valence-electron chi connectivity index (χ1n) is 7.89. The Balaban J connectivity index is 0.00000220. The summed E-state index contributed by atoms with van der Waals surface area (Å²) >= 11 is 0.